The van der Waals surface area contributed by atoms with Gasteiger partial charge in [0.05, 0.1) is 18.5 Å². The first-order valence-electron chi connectivity index (χ1n) is 5.13. The van der Waals surface area contributed by atoms with Crippen LogP contribution in [0, 0.1) is 0 Å². The first-order valence-corrected chi connectivity index (χ1v) is 7.90. The van der Waals surface area contributed by atoms with Gasteiger partial charge in [0.2, 0.25) is 10.0 Å². The first kappa shape index (κ1) is 15.3. The van der Waals surface area contributed by atoms with Crippen LogP contribution in [0.25, 0.3) is 0 Å². The normalized spacial score (nSPS) is 12.3. The standard InChI is InChI=1S/C9H20BrNO3S/c1-9(2)14-7-8-15(12,13)11-6-4-3-5-10/h9,11H,3-8H2,1-2H3. The van der Waals surface area contributed by atoms with Crippen molar-refractivity contribution in [1.29, 1.82) is 0 Å². The van der Waals surface area contributed by atoms with Crippen LogP contribution in [0.5, 0.6) is 0 Å². The number of nitrogens with one attached hydrogen (secondary N) is 1. The molecule has 0 fully saturated rings. The molecule has 0 amide bonds. The van der Waals surface area contributed by atoms with Crippen molar-refractivity contribution in [3.05, 3.63) is 0 Å². The Labute approximate surface area is 101 Å². The van der Waals surface area contributed by atoms with Gasteiger partial charge in [-0.15, -0.1) is 0 Å². The molecule has 0 bridgehead atoms. The molecule has 0 aromatic carbocycles. The summed E-state index contributed by atoms with van der Waals surface area (Å²) in [6, 6.07) is 0. The van der Waals surface area contributed by atoms with Gasteiger partial charge in [-0.2, -0.15) is 0 Å². The van der Waals surface area contributed by atoms with Crippen LogP contribution in [0.1, 0.15) is 26.7 Å². The molecule has 6 heteroatoms. The van der Waals surface area contributed by atoms with Crippen molar-refractivity contribution in [2.75, 3.05) is 24.2 Å². The summed E-state index contributed by atoms with van der Waals surface area (Å²) in [6.45, 7) is 4.53. The van der Waals surface area contributed by atoms with Crippen LogP contribution in [0.3, 0.4) is 0 Å². The maximum absolute atomic E-state index is 11.4. The molecular formula is C9H20BrNO3S. The van der Waals surface area contributed by atoms with Crippen molar-refractivity contribution < 1.29 is 13.2 Å². The summed E-state index contributed by atoms with van der Waals surface area (Å²) in [6.07, 6.45) is 1.91. The second-order valence-corrected chi connectivity index (χ2v) is 6.25. The number of rotatable bonds is 9. The maximum atomic E-state index is 11.4. The Morgan fingerprint density at radius 3 is 2.53 bits per heavy atom. The molecule has 92 valence electrons. The van der Waals surface area contributed by atoms with Crippen molar-refractivity contribution in [2.24, 2.45) is 0 Å². The van der Waals surface area contributed by atoms with Crippen LogP contribution in [0.4, 0.5) is 0 Å². The van der Waals surface area contributed by atoms with E-state index in [0.29, 0.717) is 6.54 Å². The molecule has 0 unspecified atom stereocenters. The van der Waals surface area contributed by atoms with Crippen LogP contribution in [-0.2, 0) is 14.8 Å². The molecule has 0 aromatic heterocycles. The summed E-state index contributed by atoms with van der Waals surface area (Å²) >= 11 is 3.29. The molecule has 0 spiro atoms. The number of sulfonamides is 1. The number of hydrogen-bond donors (Lipinski definition) is 1. The third-order valence-electron chi connectivity index (χ3n) is 1.69. The molecule has 0 saturated carbocycles. The second kappa shape index (κ2) is 8.50. The van der Waals surface area contributed by atoms with Gasteiger partial charge < -0.3 is 4.74 Å². The molecule has 0 aliphatic heterocycles. The number of hydrogen-bond acceptors (Lipinski definition) is 3. The molecule has 0 saturated heterocycles. The smallest absolute Gasteiger partial charge is 0.213 e. The van der Waals surface area contributed by atoms with Gasteiger partial charge in [-0.3, -0.25) is 0 Å². The molecule has 4 nitrogen and oxygen atoms in total. The lowest BCUT2D eigenvalue weighted by Crippen LogP contribution is -2.29. The third-order valence-corrected chi connectivity index (χ3v) is 3.59. The van der Waals surface area contributed by atoms with E-state index in [2.05, 4.69) is 20.7 Å². The zero-order chi connectivity index (χ0) is 11.7. The minimum Gasteiger partial charge on any atom is -0.378 e. The minimum atomic E-state index is -3.15. The van der Waals surface area contributed by atoms with Crippen LogP contribution in [0.2, 0.25) is 0 Å². The second-order valence-electron chi connectivity index (χ2n) is 3.53. The molecule has 15 heavy (non-hydrogen) atoms. The predicted molar refractivity (Wildman–Crippen MR) is 65.9 cm³/mol. The van der Waals surface area contributed by atoms with Gasteiger partial charge in [-0.25, -0.2) is 13.1 Å². The summed E-state index contributed by atoms with van der Waals surface area (Å²) in [7, 11) is -3.15. The predicted octanol–water partition coefficient (Wildman–Crippen LogP) is 1.51. The Morgan fingerprint density at radius 2 is 2.00 bits per heavy atom. The van der Waals surface area contributed by atoms with Gasteiger partial charge in [0.15, 0.2) is 0 Å². The van der Waals surface area contributed by atoms with Crippen molar-refractivity contribution >= 4 is 26.0 Å². The quantitative estimate of drug-likeness (QED) is 0.519. The number of unbranched alkanes of at least 4 members (excludes halogenated alkanes) is 1. The molecule has 0 aliphatic carbocycles. The highest BCUT2D eigenvalue weighted by molar-refractivity contribution is 9.09. The number of ether oxygens (including phenoxy) is 1. The molecule has 0 radical (unpaired) electrons. The van der Waals surface area contributed by atoms with Gasteiger partial charge in [-0.05, 0) is 26.7 Å². The fourth-order valence-electron chi connectivity index (χ4n) is 0.913. The molecule has 0 aromatic rings. The van der Waals surface area contributed by atoms with E-state index in [4.69, 9.17) is 4.74 Å². The van der Waals surface area contributed by atoms with Crippen molar-refractivity contribution in [2.45, 2.75) is 32.8 Å². The first-order chi connectivity index (χ1) is 6.98. The highest BCUT2D eigenvalue weighted by atomic mass is 79.9. The van der Waals surface area contributed by atoms with E-state index in [0.717, 1.165) is 18.2 Å². The molecule has 0 heterocycles. The molecule has 0 atom stereocenters. The van der Waals surface area contributed by atoms with Gasteiger partial charge in [0.1, 0.15) is 0 Å². The SMILES string of the molecule is CC(C)OCCS(=O)(=O)NCCCCBr. The van der Waals surface area contributed by atoms with Gasteiger partial charge >= 0.3 is 0 Å². The lowest BCUT2D eigenvalue weighted by atomic mass is 10.3. The van der Waals surface area contributed by atoms with Gasteiger partial charge in [0.25, 0.3) is 0 Å². The summed E-state index contributed by atoms with van der Waals surface area (Å²) < 4.78 is 30.5. The topological polar surface area (TPSA) is 55.4 Å². The number of alkyl halides is 1. The highest BCUT2D eigenvalue weighted by Gasteiger charge is 2.09. The van der Waals surface area contributed by atoms with Crippen molar-refractivity contribution in [3.63, 3.8) is 0 Å². The average molecular weight is 302 g/mol. The van der Waals surface area contributed by atoms with Crippen LogP contribution >= 0.6 is 15.9 Å². The Balaban J connectivity index is 3.59. The van der Waals surface area contributed by atoms with E-state index >= 15 is 0 Å². The Bertz CT molecular complexity index is 242. The molecule has 0 rings (SSSR count). The summed E-state index contributed by atoms with van der Waals surface area (Å²) in [5.74, 6) is 0.0412. The van der Waals surface area contributed by atoms with E-state index in [1.54, 1.807) is 0 Å². The zero-order valence-corrected chi connectivity index (χ0v) is 11.7. The van der Waals surface area contributed by atoms with E-state index < -0.39 is 10.0 Å². The highest BCUT2D eigenvalue weighted by Crippen LogP contribution is 1.94. The Hall–Kier alpha value is 0.350. The molecular weight excluding hydrogens is 282 g/mol. The minimum absolute atomic E-state index is 0.0412. The summed E-state index contributed by atoms with van der Waals surface area (Å²) in [5, 5.41) is 0.908. The van der Waals surface area contributed by atoms with Gasteiger partial charge in [0, 0.05) is 11.9 Å². The van der Waals surface area contributed by atoms with Gasteiger partial charge in [-0.1, -0.05) is 15.9 Å². The fraction of sp³-hybridized carbons (Fsp3) is 1.00. The van der Waals surface area contributed by atoms with E-state index in [1.165, 1.54) is 0 Å². The van der Waals surface area contributed by atoms with E-state index in [9.17, 15) is 8.42 Å². The van der Waals surface area contributed by atoms with E-state index in [-0.39, 0.29) is 18.5 Å². The van der Waals surface area contributed by atoms with Crippen LogP contribution in [-0.4, -0.2) is 38.8 Å². The lowest BCUT2D eigenvalue weighted by molar-refractivity contribution is 0.0911. The third kappa shape index (κ3) is 10.6. The van der Waals surface area contributed by atoms with Crippen LogP contribution in [0.15, 0.2) is 0 Å². The zero-order valence-electron chi connectivity index (χ0n) is 9.33. The van der Waals surface area contributed by atoms with Crippen molar-refractivity contribution in [3.8, 4) is 0 Å². The molecule has 0 aliphatic rings. The summed E-state index contributed by atoms with van der Waals surface area (Å²) in [4.78, 5) is 0. The maximum Gasteiger partial charge on any atom is 0.213 e. The number of halogens is 1. The monoisotopic (exact) mass is 301 g/mol. The Kier molecular flexibility index (Phi) is 8.69. The molecule has 1 N–H and O–H groups in total. The average Bonchev–Trinajstić information content (AvgIpc) is 2.11. The fourth-order valence-corrected chi connectivity index (χ4v) is 2.22. The largest absolute Gasteiger partial charge is 0.378 e. The summed E-state index contributed by atoms with van der Waals surface area (Å²) in [5.41, 5.74) is 0. The van der Waals surface area contributed by atoms with Crippen LogP contribution < -0.4 is 4.72 Å². The van der Waals surface area contributed by atoms with E-state index in [1.807, 2.05) is 13.8 Å². The van der Waals surface area contributed by atoms with Crippen molar-refractivity contribution in [1.82, 2.24) is 4.72 Å². The lowest BCUT2D eigenvalue weighted by Gasteiger charge is -2.08. The Morgan fingerprint density at radius 1 is 1.33 bits per heavy atom.